The fourth-order valence-corrected chi connectivity index (χ4v) is 1.74. The number of hydrogen-bond donors (Lipinski definition) is 1. The minimum Gasteiger partial charge on any atom is -0.292 e. The lowest BCUT2D eigenvalue weighted by atomic mass is 10.2. The average Bonchev–Trinajstić information content (AvgIpc) is 2.57. The predicted octanol–water partition coefficient (Wildman–Crippen LogP) is 0.670. The Morgan fingerprint density at radius 2 is 1.64 bits per heavy atom. The first-order chi connectivity index (χ1) is 10.7. The second-order valence-corrected chi connectivity index (χ2v) is 4.21. The maximum Gasteiger partial charge on any atom is 0.263 e. The molecule has 0 aliphatic heterocycles. The summed E-state index contributed by atoms with van der Waals surface area (Å²) in [6, 6.07) is 4.57. The van der Waals surface area contributed by atoms with Crippen molar-refractivity contribution in [2.75, 3.05) is 5.32 Å². The molecule has 3 heterocycles. The summed E-state index contributed by atoms with van der Waals surface area (Å²) >= 11 is 0. The molecule has 3 aromatic rings. The molecule has 0 radical (unpaired) electrons. The number of rotatable bonds is 3. The van der Waals surface area contributed by atoms with Gasteiger partial charge in [0, 0.05) is 43.2 Å². The van der Waals surface area contributed by atoms with E-state index in [1.54, 1.807) is 24.5 Å². The minimum absolute atomic E-state index is 0.0533. The Morgan fingerprint density at radius 3 is 2.32 bits per heavy atom. The van der Waals surface area contributed by atoms with Crippen molar-refractivity contribution in [2.24, 2.45) is 0 Å². The molecule has 8 heteroatoms. The van der Waals surface area contributed by atoms with Crippen LogP contribution in [0.4, 0.5) is 5.95 Å². The number of pyridine rings is 1. The van der Waals surface area contributed by atoms with E-state index in [9.17, 15) is 9.59 Å². The van der Waals surface area contributed by atoms with Gasteiger partial charge in [0.2, 0.25) is 11.9 Å². The van der Waals surface area contributed by atoms with Gasteiger partial charge < -0.3 is 0 Å². The number of hydrogen-bond acceptors (Lipinski definition) is 6. The molecule has 3 rings (SSSR count). The van der Waals surface area contributed by atoms with Crippen LogP contribution in [-0.4, -0.2) is 30.4 Å². The van der Waals surface area contributed by atoms with Crippen molar-refractivity contribution in [1.29, 1.82) is 0 Å². The summed E-state index contributed by atoms with van der Waals surface area (Å²) in [4.78, 5) is 39.9. The van der Waals surface area contributed by atoms with Crippen LogP contribution in [0.5, 0.6) is 0 Å². The summed E-state index contributed by atoms with van der Waals surface area (Å²) < 4.78 is 1.49. The highest BCUT2D eigenvalue weighted by molar-refractivity contribution is 6.03. The summed E-state index contributed by atoms with van der Waals surface area (Å²) in [7, 11) is 0. The van der Waals surface area contributed by atoms with Gasteiger partial charge in [-0.05, 0) is 12.1 Å². The third-order valence-corrected chi connectivity index (χ3v) is 2.74. The van der Waals surface area contributed by atoms with Crippen LogP contribution >= 0.6 is 0 Å². The largest absolute Gasteiger partial charge is 0.292 e. The van der Waals surface area contributed by atoms with Crippen LogP contribution in [0, 0.1) is 0 Å². The Kier molecular flexibility index (Phi) is 3.65. The van der Waals surface area contributed by atoms with Gasteiger partial charge >= 0.3 is 0 Å². The Morgan fingerprint density at radius 1 is 1.00 bits per heavy atom. The first-order valence-corrected chi connectivity index (χ1v) is 6.32. The van der Waals surface area contributed by atoms with Crippen LogP contribution in [0.15, 0.2) is 60.2 Å². The molecule has 0 spiro atoms. The Hall–Kier alpha value is -3.42. The lowest BCUT2D eigenvalue weighted by molar-refractivity contribution is 0.102. The van der Waals surface area contributed by atoms with Crippen molar-refractivity contribution in [3.63, 3.8) is 0 Å². The lowest BCUT2D eigenvalue weighted by Gasteiger charge is -2.06. The number of anilines is 1. The van der Waals surface area contributed by atoms with Gasteiger partial charge in [-0.1, -0.05) is 0 Å². The van der Waals surface area contributed by atoms with E-state index in [0.717, 1.165) is 0 Å². The van der Waals surface area contributed by atoms with Crippen LogP contribution in [0.25, 0.3) is 5.95 Å². The number of amides is 1. The van der Waals surface area contributed by atoms with Gasteiger partial charge in [0.15, 0.2) is 5.43 Å². The van der Waals surface area contributed by atoms with E-state index >= 15 is 0 Å². The van der Waals surface area contributed by atoms with Gasteiger partial charge in [-0.3, -0.25) is 19.5 Å². The van der Waals surface area contributed by atoms with Gasteiger partial charge in [-0.2, -0.15) is 0 Å². The standard InChI is InChI=1S/C14H10N6O2/c21-11-3-8-20(14-17-6-2-7-18-14)9-10(11)12(22)19-13-15-4-1-5-16-13/h1-9H,(H,15,16,19,22). The van der Waals surface area contributed by atoms with Crippen molar-refractivity contribution >= 4 is 11.9 Å². The Bertz CT molecular complexity index is 848. The second-order valence-electron chi connectivity index (χ2n) is 4.21. The summed E-state index contributed by atoms with van der Waals surface area (Å²) in [6.45, 7) is 0. The fraction of sp³-hybridized carbons (Fsp3) is 0. The molecular weight excluding hydrogens is 284 g/mol. The molecule has 8 nitrogen and oxygen atoms in total. The third kappa shape index (κ3) is 2.85. The van der Waals surface area contributed by atoms with Crippen LogP contribution in [-0.2, 0) is 0 Å². The number of carbonyl (C=O) groups is 1. The van der Waals surface area contributed by atoms with Crippen molar-refractivity contribution in [1.82, 2.24) is 24.5 Å². The maximum absolute atomic E-state index is 12.2. The molecule has 108 valence electrons. The summed E-state index contributed by atoms with van der Waals surface area (Å²) in [5, 5.41) is 2.46. The maximum atomic E-state index is 12.2. The van der Waals surface area contributed by atoms with E-state index < -0.39 is 11.3 Å². The molecule has 0 saturated carbocycles. The second kappa shape index (κ2) is 5.92. The van der Waals surface area contributed by atoms with E-state index in [-0.39, 0.29) is 11.5 Å². The minimum atomic E-state index is -0.596. The Balaban J connectivity index is 1.93. The highest BCUT2D eigenvalue weighted by Crippen LogP contribution is 2.03. The topological polar surface area (TPSA) is 103 Å². The molecule has 0 aromatic carbocycles. The van der Waals surface area contributed by atoms with Crippen molar-refractivity contribution in [3.05, 3.63) is 71.2 Å². The fourth-order valence-electron chi connectivity index (χ4n) is 1.74. The lowest BCUT2D eigenvalue weighted by Crippen LogP contribution is -2.23. The number of carbonyl (C=O) groups excluding carboxylic acids is 1. The highest BCUT2D eigenvalue weighted by Gasteiger charge is 2.13. The van der Waals surface area contributed by atoms with Gasteiger partial charge in [-0.25, -0.2) is 19.9 Å². The quantitative estimate of drug-likeness (QED) is 0.761. The van der Waals surface area contributed by atoms with E-state index in [1.165, 1.54) is 35.4 Å². The third-order valence-electron chi connectivity index (χ3n) is 2.74. The van der Waals surface area contributed by atoms with Crippen LogP contribution in [0.2, 0.25) is 0 Å². The van der Waals surface area contributed by atoms with Crippen molar-refractivity contribution < 1.29 is 4.79 Å². The van der Waals surface area contributed by atoms with E-state index in [4.69, 9.17) is 0 Å². The zero-order chi connectivity index (χ0) is 15.4. The van der Waals surface area contributed by atoms with Gasteiger partial charge in [-0.15, -0.1) is 0 Å². The molecule has 0 saturated heterocycles. The summed E-state index contributed by atoms with van der Waals surface area (Å²) in [5.74, 6) is -0.118. The summed E-state index contributed by atoms with van der Waals surface area (Å²) in [5.41, 5.74) is -0.469. The molecule has 0 fully saturated rings. The van der Waals surface area contributed by atoms with E-state index in [1.807, 2.05) is 0 Å². The molecular formula is C14H10N6O2. The number of nitrogens with zero attached hydrogens (tertiary/aromatic N) is 5. The molecule has 0 aliphatic carbocycles. The van der Waals surface area contributed by atoms with Crippen molar-refractivity contribution in [3.8, 4) is 5.95 Å². The van der Waals surface area contributed by atoms with Crippen LogP contribution in [0.1, 0.15) is 10.4 Å². The van der Waals surface area contributed by atoms with Gasteiger partial charge in [0.05, 0.1) is 0 Å². The monoisotopic (exact) mass is 294 g/mol. The first-order valence-electron chi connectivity index (χ1n) is 6.32. The molecule has 0 aliphatic rings. The molecule has 0 atom stereocenters. The SMILES string of the molecule is O=C(Nc1ncccn1)c1cn(-c2ncccn2)ccc1=O. The highest BCUT2D eigenvalue weighted by atomic mass is 16.2. The molecule has 1 amide bonds. The van der Waals surface area contributed by atoms with Crippen LogP contribution < -0.4 is 10.7 Å². The molecule has 22 heavy (non-hydrogen) atoms. The van der Waals surface area contributed by atoms with Crippen LogP contribution in [0.3, 0.4) is 0 Å². The summed E-state index contributed by atoms with van der Waals surface area (Å²) in [6.07, 6.45) is 8.98. The zero-order valence-corrected chi connectivity index (χ0v) is 11.2. The zero-order valence-electron chi connectivity index (χ0n) is 11.2. The first kappa shape index (κ1) is 13.6. The predicted molar refractivity (Wildman–Crippen MR) is 77.6 cm³/mol. The number of aromatic nitrogens is 5. The normalized spacial score (nSPS) is 10.2. The smallest absolute Gasteiger partial charge is 0.263 e. The van der Waals surface area contributed by atoms with Crippen molar-refractivity contribution in [2.45, 2.75) is 0 Å². The number of nitrogens with one attached hydrogen (secondary N) is 1. The average molecular weight is 294 g/mol. The molecule has 0 bridgehead atoms. The molecule has 3 aromatic heterocycles. The Labute approximate surface area is 124 Å². The van der Waals surface area contributed by atoms with E-state index in [0.29, 0.717) is 5.95 Å². The molecule has 1 N–H and O–H groups in total. The van der Waals surface area contributed by atoms with Gasteiger partial charge in [0.25, 0.3) is 5.91 Å². The molecule has 0 unspecified atom stereocenters. The van der Waals surface area contributed by atoms with Gasteiger partial charge in [0.1, 0.15) is 5.56 Å². The van der Waals surface area contributed by atoms with E-state index in [2.05, 4.69) is 25.3 Å².